The molecule has 2 aromatic rings. The van der Waals surface area contributed by atoms with Gasteiger partial charge in [-0.3, -0.25) is 0 Å². The monoisotopic (exact) mass is 443 g/mol. The minimum Gasteiger partial charge on any atom is -0.444 e. The van der Waals surface area contributed by atoms with Crippen LogP contribution >= 0.6 is 11.6 Å². The van der Waals surface area contributed by atoms with Crippen LogP contribution in [-0.2, 0) is 4.74 Å². The van der Waals surface area contributed by atoms with E-state index < -0.39 is 24.3 Å². The number of aromatic nitrogens is 3. The normalized spacial score (nSPS) is 19.8. The Morgan fingerprint density at radius 3 is 2.73 bits per heavy atom. The van der Waals surface area contributed by atoms with Crippen LogP contribution in [0.5, 0.6) is 0 Å². The van der Waals surface area contributed by atoms with Gasteiger partial charge in [-0.05, 0) is 33.3 Å². The number of aliphatic hydroxyl groups excluding tert-OH is 1. The fourth-order valence-electron chi connectivity index (χ4n) is 3.34. The number of alkyl halides is 2. The lowest BCUT2D eigenvalue weighted by atomic mass is 10.0. The number of pyridine rings is 1. The molecule has 2 aromatic heterocycles. The van der Waals surface area contributed by atoms with E-state index in [0.717, 1.165) is 0 Å². The van der Waals surface area contributed by atoms with Crippen LogP contribution in [0.3, 0.4) is 0 Å². The maximum atomic E-state index is 12.9. The van der Waals surface area contributed by atoms with Crippen LogP contribution < -0.4 is 10.2 Å². The van der Waals surface area contributed by atoms with Gasteiger partial charge in [-0.2, -0.15) is 13.9 Å². The predicted octanol–water partition coefficient (Wildman–Crippen LogP) is 3.46. The van der Waals surface area contributed by atoms with Gasteiger partial charge in [0.2, 0.25) is 0 Å². The van der Waals surface area contributed by atoms with Crippen molar-refractivity contribution in [2.45, 2.75) is 51.5 Å². The van der Waals surface area contributed by atoms with Gasteiger partial charge in [0.15, 0.2) is 0 Å². The minimum atomic E-state index is -2.76. The highest BCUT2D eigenvalue weighted by molar-refractivity contribution is 6.29. The lowest BCUT2D eigenvalue weighted by Gasteiger charge is -2.38. The van der Waals surface area contributed by atoms with Crippen molar-refractivity contribution in [1.29, 1.82) is 0 Å². The van der Waals surface area contributed by atoms with Crippen LogP contribution in [0.25, 0.3) is 11.1 Å². The summed E-state index contributed by atoms with van der Waals surface area (Å²) in [6.07, 6.45) is 3.07. The summed E-state index contributed by atoms with van der Waals surface area (Å²) in [5.41, 5.74) is 0.925. The molecule has 3 heterocycles. The second-order valence-corrected chi connectivity index (χ2v) is 8.54. The van der Waals surface area contributed by atoms with Crippen molar-refractivity contribution in [2.75, 3.05) is 18.0 Å². The average molecular weight is 444 g/mol. The zero-order valence-corrected chi connectivity index (χ0v) is 17.6. The summed E-state index contributed by atoms with van der Waals surface area (Å²) in [4.78, 5) is 18.0. The Morgan fingerprint density at radius 2 is 2.10 bits per heavy atom. The van der Waals surface area contributed by atoms with E-state index in [1.54, 1.807) is 26.8 Å². The number of amides is 1. The second-order valence-electron chi connectivity index (χ2n) is 8.15. The predicted molar refractivity (Wildman–Crippen MR) is 108 cm³/mol. The number of piperidine rings is 1. The molecule has 0 aliphatic carbocycles. The molecule has 164 valence electrons. The highest BCUT2D eigenvalue weighted by atomic mass is 35.5. The summed E-state index contributed by atoms with van der Waals surface area (Å²) in [7, 11) is 0. The molecule has 0 unspecified atom stereocenters. The van der Waals surface area contributed by atoms with Gasteiger partial charge < -0.3 is 20.1 Å². The van der Waals surface area contributed by atoms with E-state index in [2.05, 4.69) is 15.4 Å². The first-order valence-electron chi connectivity index (χ1n) is 9.42. The summed E-state index contributed by atoms with van der Waals surface area (Å²) >= 11 is 6.08. The van der Waals surface area contributed by atoms with Crippen molar-refractivity contribution in [3.8, 4) is 11.1 Å². The zero-order valence-electron chi connectivity index (χ0n) is 16.8. The van der Waals surface area contributed by atoms with Crippen LogP contribution in [0.15, 0.2) is 24.7 Å². The molecule has 1 aliphatic heterocycles. The number of carbonyl (C=O) groups excluding carboxylic acids is 1. The third kappa shape index (κ3) is 5.57. The standard InChI is InChI=1S/C19H24ClF2N5O3/c1-19(2,3)30-18(29)25-12-4-13(28)10-26(9-12)15-5-16(20)23-7-14(15)11-6-24-27(8-11)17(21)22/h5-8,12-13,17,28H,4,9-10H2,1-3H3,(H,25,29)/t12-,13-/m0/s1. The highest BCUT2D eigenvalue weighted by Gasteiger charge is 2.30. The first-order chi connectivity index (χ1) is 14.0. The summed E-state index contributed by atoms with van der Waals surface area (Å²) in [5, 5.41) is 17.0. The lowest BCUT2D eigenvalue weighted by Crippen LogP contribution is -2.53. The van der Waals surface area contributed by atoms with Crippen molar-refractivity contribution in [3.05, 3.63) is 29.8 Å². The fraction of sp³-hybridized carbons (Fsp3) is 0.526. The molecule has 1 aliphatic rings. The molecule has 3 rings (SSSR count). The summed E-state index contributed by atoms with van der Waals surface area (Å²) < 4.78 is 31.7. The average Bonchev–Trinajstić information content (AvgIpc) is 3.09. The zero-order chi connectivity index (χ0) is 22.1. The van der Waals surface area contributed by atoms with E-state index in [9.17, 15) is 18.7 Å². The minimum absolute atomic E-state index is 0.215. The number of alkyl carbamates (subject to hydrolysis) is 1. The topological polar surface area (TPSA) is 92.5 Å². The maximum Gasteiger partial charge on any atom is 0.407 e. The third-order valence-corrected chi connectivity index (χ3v) is 4.66. The highest BCUT2D eigenvalue weighted by Crippen LogP contribution is 2.34. The number of hydrogen-bond donors (Lipinski definition) is 2. The molecule has 1 fully saturated rings. The Bertz CT molecular complexity index is 903. The number of carbonyl (C=O) groups is 1. The molecule has 0 spiro atoms. The summed E-state index contributed by atoms with van der Waals surface area (Å²) in [5.74, 6) is 0. The van der Waals surface area contributed by atoms with Crippen molar-refractivity contribution in [2.24, 2.45) is 0 Å². The smallest absolute Gasteiger partial charge is 0.407 e. The van der Waals surface area contributed by atoms with Gasteiger partial charge in [-0.1, -0.05) is 11.6 Å². The number of ether oxygens (including phenoxy) is 1. The summed E-state index contributed by atoms with van der Waals surface area (Å²) in [6, 6.07) is 1.21. The Balaban J connectivity index is 1.85. The van der Waals surface area contributed by atoms with Gasteiger partial charge in [-0.15, -0.1) is 0 Å². The molecular weight excluding hydrogens is 420 g/mol. The van der Waals surface area contributed by atoms with E-state index in [1.165, 1.54) is 18.6 Å². The van der Waals surface area contributed by atoms with Gasteiger partial charge in [0.25, 0.3) is 0 Å². The summed E-state index contributed by atoms with van der Waals surface area (Å²) in [6.45, 7) is 3.18. The van der Waals surface area contributed by atoms with Crippen molar-refractivity contribution in [1.82, 2.24) is 20.1 Å². The maximum absolute atomic E-state index is 12.9. The molecule has 2 N–H and O–H groups in total. The van der Waals surface area contributed by atoms with Gasteiger partial charge in [-0.25, -0.2) is 14.5 Å². The number of anilines is 1. The number of rotatable bonds is 4. The molecule has 1 saturated heterocycles. The van der Waals surface area contributed by atoms with Gasteiger partial charge >= 0.3 is 12.6 Å². The first-order valence-corrected chi connectivity index (χ1v) is 9.80. The number of hydrogen-bond acceptors (Lipinski definition) is 6. The van der Waals surface area contributed by atoms with Crippen LogP contribution in [0.4, 0.5) is 19.3 Å². The molecule has 0 radical (unpaired) electrons. The first kappa shape index (κ1) is 22.2. The van der Waals surface area contributed by atoms with E-state index in [1.807, 2.05) is 4.90 Å². The second kappa shape index (κ2) is 8.73. The van der Waals surface area contributed by atoms with E-state index in [4.69, 9.17) is 16.3 Å². The van der Waals surface area contributed by atoms with Gasteiger partial charge in [0, 0.05) is 42.3 Å². The Hall–Kier alpha value is -2.46. The van der Waals surface area contributed by atoms with Crippen LogP contribution in [0.2, 0.25) is 5.15 Å². The SMILES string of the molecule is CC(C)(C)OC(=O)N[C@H]1C[C@H](O)CN(c2cc(Cl)ncc2-c2cnn(C(F)F)c2)C1. The van der Waals surface area contributed by atoms with E-state index in [0.29, 0.717) is 34.5 Å². The Morgan fingerprint density at radius 1 is 1.37 bits per heavy atom. The van der Waals surface area contributed by atoms with Crippen molar-refractivity contribution < 1.29 is 23.4 Å². The molecule has 2 atom stereocenters. The molecule has 8 nitrogen and oxygen atoms in total. The molecular formula is C19H24ClF2N5O3. The Labute approximate surface area is 177 Å². The molecule has 0 aromatic carbocycles. The van der Waals surface area contributed by atoms with Crippen molar-refractivity contribution in [3.63, 3.8) is 0 Å². The van der Waals surface area contributed by atoms with Gasteiger partial charge in [0.05, 0.1) is 18.3 Å². The molecule has 11 heteroatoms. The van der Waals surface area contributed by atoms with Crippen LogP contribution in [0.1, 0.15) is 33.7 Å². The number of nitrogens with one attached hydrogen (secondary N) is 1. The van der Waals surface area contributed by atoms with Crippen LogP contribution in [-0.4, -0.2) is 56.8 Å². The van der Waals surface area contributed by atoms with Crippen LogP contribution in [0, 0.1) is 0 Å². The number of aliphatic hydroxyl groups is 1. The van der Waals surface area contributed by atoms with Crippen molar-refractivity contribution >= 4 is 23.4 Å². The molecule has 30 heavy (non-hydrogen) atoms. The lowest BCUT2D eigenvalue weighted by molar-refractivity contribution is 0.0473. The molecule has 0 bridgehead atoms. The Kier molecular flexibility index (Phi) is 6.47. The van der Waals surface area contributed by atoms with Gasteiger partial charge in [0.1, 0.15) is 10.8 Å². The molecule has 0 saturated carbocycles. The van der Waals surface area contributed by atoms with E-state index >= 15 is 0 Å². The number of halogens is 3. The number of β-amino-alcohol motifs (C(OH)–C–C–N with tert-alkyl or cyclic N) is 1. The van der Waals surface area contributed by atoms with E-state index in [-0.39, 0.29) is 17.7 Å². The largest absolute Gasteiger partial charge is 0.444 e. The fourth-order valence-corrected chi connectivity index (χ4v) is 3.49. The number of nitrogens with zero attached hydrogens (tertiary/aromatic N) is 4. The molecule has 1 amide bonds. The quantitative estimate of drug-likeness (QED) is 0.703. The third-order valence-electron chi connectivity index (χ3n) is 4.45.